The van der Waals surface area contributed by atoms with Crippen molar-refractivity contribution in [2.45, 2.75) is 24.4 Å². The summed E-state index contributed by atoms with van der Waals surface area (Å²) in [7, 11) is 3.41. The summed E-state index contributed by atoms with van der Waals surface area (Å²) in [5.74, 6) is -1.50. The van der Waals surface area contributed by atoms with Crippen LogP contribution in [0.2, 0.25) is 0 Å². The summed E-state index contributed by atoms with van der Waals surface area (Å²) < 4.78 is 27.7. The maximum Gasteiger partial charge on any atom is 0.240 e. The van der Waals surface area contributed by atoms with Crippen molar-refractivity contribution in [2.75, 3.05) is 20.6 Å². The third-order valence-electron chi connectivity index (χ3n) is 3.65. The number of hydrogen-bond acceptors (Lipinski definition) is 3. The summed E-state index contributed by atoms with van der Waals surface area (Å²) in [6, 6.07) is 3.16. The van der Waals surface area contributed by atoms with E-state index in [9.17, 15) is 13.6 Å². The van der Waals surface area contributed by atoms with Gasteiger partial charge in [0.2, 0.25) is 5.91 Å². The Morgan fingerprint density at radius 3 is 2.23 bits per heavy atom. The van der Waals surface area contributed by atoms with Crippen LogP contribution < -0.4 is 11.1 Å². The highest BCUT2D eigenvalue weighted by atomic mass is 35.5. The standard InChI is InChI=1S/C14H19F2N3O.2ClH/c1-19(2)11(8-18-13(20)14(17)6-7-14)12-9(15)4-3-5-10(12)16;;/h3-5,11H,6-8,17H2,1-2H3,(H,18,20);2*1H. The summed E-state index contributed by atoms with van der Waals surface area (Å²) in [5, 5.41) is 2.68. The first-order valence-corrected chi connectivity index (χ1v) is 6.52. The summed E-state index contributed by atoms with van der Waals surface area (Å²) >= 11 is 0. The number of carbonyl (C=O) groups is 1. The minimum Gasteiger partial charge on any atom is -0.353 e. The molecule has 1 aliphatic rings. The number of rotatable bonds is 5. The first-order chi connectivity index (χ1) is 9.35. The Labute approximate surface area is 141 Å². The van der Waals surface area contributed by atoms with Crippen LogP contribution in [-0.2, 0) is 4.79 Å². The molecule has 3 N–H and O–H groups in total. The van der Waals surface area contributed by atoms with Gasteiger partial charge in [-0.25, -0.2) is 8.78 Å². The van der Waals surface area contributed by atoms with Crippen LogP contribution in [0.3, 0.4) is 0 Å². The van der Waals surface area contributed by atoms with Crippen molar-refractivity contribution in [1.82, 2.24) is 10.2 Å². The highest BCUT2D eigenvalue weighted by molar-refractivity contribution is 5.89. The fourth-order valence-corrected chi connectivity index (χ4v) is 2.10. The molecule has 8 heteroatoms. The molecule has 1 aliphatic carbocycles. The molecule has 0 radical (unpaired) electrons. The molecule has 0 aromatic heterocycles. The quantitative estimate of drug-likeness (QED) is 0.849. The molecule has 0 aliphatic heterocycles. The fourth-order valence-electron chi connectivity index (χ4n) is 2.10. The second kappa shape index (κ2) is 8.06. The summed E-state index contributed by atoms with van der Waals surface area (Å²) in [6.45, 7) is 0.114. The zero-order valence-corrected chi connectivity index (χ0v) is 14.1. The third-order valence-corrected chi connectivity index (χ3v) is 3.65. The zero-order chi connectivity index (χ0) is 14.9. The molecule has 1 unspecified atom stereocenters. The first-order valence-electron chi connectivity index (χ1n) is 6.52. The van der Waals surface area contributed by atoms with Crippen molar-refractivity contribution in [3.8, 4) is 0 Å². The predicted octanol–water partition coefficient (Wildman–Crippen LogP) is 2.02. The van der Waals surface area contributed by atoms with Gasteiger partial charge in [-0.05, 0) is 39.1 Å². The van der Waals surface area contributed by atoms with Crippen molar-refractivity contribution in [3.63, 3.8) is 0 Å². The third kappa shape index (κ3) is 4.52. The maximum absolute atomic E-state index is 13.8. The van der Waals surface area contributed by atoms with Crippen molar-refractivity contribution in [3.05, 3.63) is 35.4 Å². The van der Waals surface area contributed by atoms with Crippen molar-refractivity contribution >= 4 is 30.7 Å². The lowest BCUT2D eigenvalue weighted by Gasteiger charge is -2.26. The van der Waals surface area contributed by atoms with Gasteiger partial charge in [-0.3, -0.25) is 4.79 Å². The largest absolute Gasteiger partial charge is 0.353 e. The summed E-state index contributed by atoms with van der Waals surface area (Å²) in [6.07, 6.45) is 1.30. The number of amides is 1. The molecule has 0 bridgehead atoms. The second-order valence-electron chi connectivity index (χ2n) is 5.48. The maximum atomic E-state index is 13.8. The molecule has 0 spiro atoms. The van der Waals surface area contributed by atoms with E-state index >= 15 is 0 Å². The molecule has 22 heavy (non-hydrogen) atoms. The van der Waals surface area contributed by atoms with Gasteiger partial charge in [-0.15, -0.1) is 24.8 Å². The number of nitrogens with zero attached hydrogens (tertiary/aromatic N) is 1. The predicted molar refractivity (Wildman–Crippen MR) is 86.4 cm³/mol. The monoisotopic (exact) mass is 355 g/mol. The first kappa shape index (κ1) is 21.0. The van der Waals surface area contributed by atoms with E-state index < -0.39 is 23.2 Å². The Morgan fingerprint density at radius 1 is 1.32 bits per heavy atom. The normalized spacial score (nSPS) is 16.3. The minimum absolute atomic E-state index is 0. The van der Waals surface area contributed by atoms with Gasteiger partial charge in [0, 0.05) is 12.1 Å². The topological polar surface area (TPSA) is 58.4 Å². The van der Waals surface area contributed by atoms with E-state index in [2.05, 4.69) is 5.32 Å². The number of hydrogen-bond donors (Lipinski definition) is 2. The van der Waals surface area contributed by atoms with Crippen LogP contribution in [0.25, 0.3) is 0 Å². The molecular formula is C14H21Cl2F2N3O. The molecule has 4 nitrogen and oxygen atoms in total. The smallest absolute Gasteiger partial charge is 0.240 e. The van der Waals surface area contributed by atoms with E-state index in [-0.39, 0.29) is 42.8 Å². The van der Waals surface area contributed by atoms with E-state index in [0.29, 0.717) is 12.8 Å². The Bertz CT molecular complexity index is 505. The molecule has 0 saturated heterocycles. The number of nitrogens with one attached hydrogen (secondary N) is 1. The highest BCUT2D eigenvalue weighted by Crippen LogP contribution is 2.32. The van der Waals surface area contributed by atoms with Crippen LogP contribution in [-0.4, -0.2) is 37.0 Å². The van der Waals surface area contributed by atoms with Crippen LogP contribution in [0, 0.1) is 11.6 Å². The molecule has 2 rings (SSSR count). The van der Waals surface area contributed by atoms with E-state index in [1.54, 1.807) is 19.0 Å². The molecule has 1 aromatic rings. The van der Waals surface area contributed by atoms with Gasteiger partial charge in [0.15, 0.2) is 0 Å². The molecule has 1 aromatic carbocycles. The van der Waals surface area contributed by atoms with Crippen LogP contribution in [0.15, 0.2) is 18.2 Å². The number of nitrogens with two attached hydrogens (primary N) is 1. The lowest BCUT2D eigenvalue weighted by atomic mass is 10.0. The van der Waals surface area contributed by atoms with Gasteiger partial charge in [0.25, 0.3) is 0 Å². The second-order valence-corrected chi connectivity index (χ2v) is 5.48. The minimum atomic E-state index is -0.787. The van der Waals surface area contributed by atoms with Gasteiger partial charge < -0.3 is 16.0 Å². The van der Waals surface area contributed by atoms with E-state index in [1.165, 1.54) is 18.2 Å². The van der Waals surface area contributed by atoms with Crippen molar-refractivity contribution < 1.29 is 13.6 Å². The number of benzene rings is 1. The molecule has 1 atom stereocenters. The lowest BCUT2D eigenvalue weighted by molar-refractivity contribution is -0.123. The van der Waals surface area contributed by atoms with Gasteiger partial charge in [0.05, 0.1) is 11.6 Å². The van der Waals surface area contributed by atoms with Crippen LogP contribution in [0.4, 0.5) is 8.78 Å². The number of halogens is 4. The van der Waals surface area contributed by atoms with E-state index in [0.717, 1.165) is 0 Å². The Balaban J connectivity index is 0.00000220. The van der Waals surface area contributed by atoms with Gasteiger partial charge in [-0.1, -0.05) is 6.07 Å². The zero-order valence-electron chi connectivity index (χ0n) is 12.4. The van der Waals surface area contributed by atoms with Crippen LogP contribution >= 0.6 is 24.8 Å². The highest BCUT2D eigenvalue weighted by Gasteiger charge is 2.46. The molecule has 1 saturated carbocycles. The summed E-state index contributed by atoms with van der Waals surface area (Å²) in [4.78, 5) is 13.5. The molecular weight excluding hydrogens is 335 g/mol. The molecule has 1 amide bonds. The van der Waals surface area contributed by atoms with Crippen LogP contribution in [0.5, 0.6) is 0 Å². The van der Waals surface area contributed by atoms with Crippen molar-refractivity contribution in [1.29, 1.82) is 0 Å². The van der Waals surface area contributed by atoms with Gasteiger partial charge >= 0.3 is 0 Å². The lowest BCUT2D eigenvalue weighted by Crippen LogP contribution is -2.45. The average molecular weight is 356 g/mol. The Kier molecular flexibility index (Phi) is 7.71. The van der Waals surface area contributed by atoms with Gasteiger partial charge in [-0.2, -0.15) is 0 Å². The molecule has 126 valence electrons. The van der Waals surface area contributed by atoms with E-state index in [1.807, 2.05) is 0 Å². The van der Waals surface area contributed by atoms with E-state index in [4.69, 9.17) is 5.73 Å². The SMILES string of the molecule is CN(C)C(CNC(=O)C1(N)CC1)c1c(F)cccc1F.Cl.Cl. The Morgan fingerprint density at radius 2 is 1.82 bits per heavy atom. The fraction of sp³-hybridized carbons (Fsp3) is 0.500. The molecule has 1 fully saturated rings. The molecule has 0 heterocycles. The van der Waals surface area contributed by atoms with Gasteiger partial charge in [0.1, 0.15) is 11.6 Å². The summed E-state index contributed by atoms with van der Waals surface area (Å²) in [5.41, 5.74) is 4.95. The number of carbonyl (C=O) groups excluding carboxylic acids is 1. The Hall–Kier alpha value is -0.950. The van der Waals surface area contributed by atoms with Crippen molar-refractivity contribution in [2.24, 2.45) is 5.73 Å². The average Bonchev–Trinajstić information content (AvgIpc) is 3.11. The van der Waals surface area contributed by atoms with Crippen LogP contribution in [0.1, 0.15) is 24.4 Å². The number of likely N-dealkylation sites (N-methyl/N-ethyl adjacent to an activating group) is 1.